The molecule has 0 saturated heterocycles. The summed E-state index contributed by atoms with van der Waals surface area (Å²) in [6.07, 6.45) is -0.995. The molecular formula is C15H13ClF2O. The molecule has 4 heteroatoms. The number of halogens is 3. The van der Waals surface area contributed by atoms with Gasteiger partial charge in [-0.1, -0.05) is 48.9 Å². The Morgan fingerprint density at radius 3 is 2.26 bits per heavy atom. The van der Waals surface area contributed by atoms with Gasteiger partial charge in [0, 0.05) is 16.5 Å². The lowest BCUT2D eigenvalue weighted by Gasteiger charge is -2.20. The minimum Gasteiger partial charge on any atom is -0.388 e. The molecule has 2 aromatic carbocycles. The SMILES string of the molecule is CC(c1ccccc1)C(O)c1cc(F)c(F)cc1Cl. The third-order valence-electron chi connectivity index (χ3n) is 3.16. The van der Waals surface area contributed by atoms with Gasteiger partial charge in [0.1, 0.15) is 0 Å². The van der Waals surface area contributed by atoms with Crippen molar-refractivity contribution in [3.63, 3.8) is 0 Å². The van der Waals surface area contributed by atoms with E-state index in [2.05, 4.69) is 0 Å². The van der Waals surface area contributed by atoms with E-state index >= 15 is 0 Å². The van der Waals surface area contributed by atoms with E-state index in [1.165, 1.54) is 0 Å². The lowest BCUT2D eigenvalue weighted by atomic mass is 9.91. The van der Waals surface area contributed by atoms with Crippen molar-refractivity contribution in [2.75, 3.05) is 0 Å². The minimum absolute atomic E-state index is 0.0224. The fourth-order valence-electron chi connectivity index (χ4n) is 1.97. The van der Waals surface area contributed by atoms with Gasteiger partial charge < -0.3 is 5.11 Å². The van der Waals surface area contributed by atoms with Crippen LogP contribution in [-0.4, -0.2) is 5.11 Å². The molecule has 0 fully saturated rings. The van der Waals surface area contributed by atoms with Crippen molar-refractivity contribution in [2.45, 2.75) is 18.9 Å². The smallest absolute Gasteiger partial charge is 0.160 e. The van der Waals surface area contributed by atoms with Crippen molar-refractivity contribution in [1.82, 2.24) is 0 Å². The zero-order valence-electron chi connectivity index (χ0n) is 10.3. The number of rotatable bonds is 3. The van der Waals surface area contributed by atoms with E-state index in [-0.39, 0.29) is 16.5 Å². The van der Waals surface area contributed by atoms with Crippen LogP contribution in [0, 0.1) is 11.6 Å². The number of hydrogen-bond acceptors (Lipinski definition) is 1. The molecule has 100 valence electrons. The summed E-state index contributed by atoms with van der Waals surface area (Å²) in [4.78, 5) is 0. The molecule has 0 aromatic heterocycles. The van der Waals surface area contributed by atoms with Crippen LogP contribution in [0.1, 0.15) is 30.1 Å². The molecule has 0 aliphatic heterocycles. The van der Waals surface area contributed by atoms with Crippen molar-refractivity contribution in [2.24, 2.45) is 0 Å². The Bertz CT molecular complexity index is 572. The third kappa shape index (κ3) is 2.94. The van der Waals surface area contributed by atoms with Crippen LogP contribution in [0.4, 0.5) is 8.78 Å². The highest BCUT2D eigenvalue weighted by atomic mass is 35.5. The molecule has 2 unspecified atom stereocenters. The number of aliphatic hydroxyl groups excluding tert-OH is 1. The quantitative estimate of drug-likeness (QED) is 0.824. The lowest BCUT2D eigenvalue weighted by Crippen LogP contribution is -2.09. The van der Waals surface area contributed by atoms with Gasteiger partial charge in [-0.2, -0.15) is 0 Å². The molecule has 0 bridgehead atoms. The predicted octanol–water partition coefficient (Wildman–Crippen LogP) is 4.46. The molecule has 0 spiro atoms. The van der Waals surface area contributed by atoms with Gasteiger partial charge in [0.15, 0.2) is 11.6 Å². The molecule has 0 aliphatic carbocycles. The topological polar surface area (TPSA) is 20.2 Å². The first-order chi connectivity index (χ1) is 9.00. The summed E-state index contributed by atoms with van der Waals surface area (Å²) < 4.78 is 26.2. The molecular weight excluding hydrogens is 270 g/mol. The average molecular weight is 283 g/mol. The van der Waals surface area contributed by atoms with Crippen LogP contribution in [0.2, 0.25) is 5.02 Å². The number of hydrogen-bond donors (Lipinski definition) is 1. The molecule has 2 atom stereocenters. The van der Waals surface area contributed by atoms with Gasteiger partial charge in [0.05, 0.1) is 6.10 Å². The summed E-state index contributed by atoms with van der Waals surface area (Å²) in [5, 5.41) is 10.3. The molecule has 2 rings (SSSR count). The normalized spacial score (nSPS) is 14.2. The summed E-state index contributed by atoms with van der Waals surface area (Å²) in [5.74, 6) is -2.31. The van der Waals surface area contributed by atoms with Crippen LogP contribution in [0.25, 0.3) is 0 Å². The Kier molecular flexibility index (Phi) is 4.17. The zero-order chi connectivity index (χ0) is 14.0. The van der Waals surface area contributed by atoms with Gasteiger partial charge in [-0.15, -0.1) is 0 Å². The Balaban J connectivity index is 2.34. The monoisotopic (exact) mass is 282 g/mol. The fourth-order valence-corrected chi connectivity index (χ4v) is 2.23. The number of benzene rings is 2. The minimum atomic E-state index is -1.02. The third-order valence-corrected chi connectivity index (χ3v) is 3.48. The highest BCUT2D eigenvalue weighted by Gasteiger charge is 2.22. The van der Waals surface area contributed by atoms with Gasteiger partial charge in [0.2, 0.25) is 0 Å². The largest absolute Gasteiger partial charge is 0.388 e. The van der Waals surface area contributed by atoms with Crippen molar-refractivity contribution in [1.29, 1.82) is 0 Å². The van der Waals surface area contributed by atoms with Crippen LogP contribution in [0.15, 0.2) is 42.5 Å². The first-order valence-corrected chi connectivity index (χ1v) is 6.26. The second kappa shape index (κ2) is 5.68. The zero-order valence-corrected chi connectivity index (χ0v) is 11.0. The summed E-state index contributed by atoms with van der Waals surface area (Å²) in [6, 6.07) is 11.1. The summed E-state index contributed by atoms with van der Waals surface area (Å²) in [5.41, 5.74) is 1.09. The maximum absolute atomic E-state index is 13.2. The fraction of sp³-hybridized carbons (Fsp3) is 0.200. The van der Waals surface area contributed by atoms with E-state index in [0.717, 1.165) is 17.7 Å². The Hall–Kier alpha value is -1.45. The van der Waals surface area contributed by atoms with E-state index in [1.807, 2.05) is 30.3 Å². The van der Waals surface area contributed by atoms with E-state index in [1.54, 1.807) is 6.92 Å². The second-order valence-corrected chi connectivity index (χ2v) is 4.84. The molecule has 0 amide bonds. The standard InChI is InChI=1S/C15H13ClF2O/c1-9(10-5-3-2-4-6-10)15(19)11-7-13(17)14(18)8-12(11)16/h2-9,15,19H,1H3. The highest BCUT2D eigenvalue weighted by molar-refractivity contribution is 6.31. The molecule has 0 aliphatic rings. The number of aliphatic hydroxyl groups is 1. The summed E-state index contributed by atoms with van der Waals surface area (Å²) in [6.45, 7) is 1.80. The van der Waals surface area contributed by atoms with E-state index in [9.17, 15) is 13.9 Å². The van der Waals surface area contributed by atoms with Crippen molar-refractivity contribution in [3.05, 3.63) is 70.2 Å². The van der Waals surface area contributed by atoms with Gasteiger partial charge in [-0.05, 0) is 17.7 Å². The Morgan fingerprint density at radius 1 is 1.05 bits per heavy atom. The Labute approximate surface area is 115 Å². The molecule has 1 N–H and O–H groups in total. The molecule has 19 heavy (non-hydrogen) atoms. The predicted molar refractivity (Wildman–Crippen MR) is 71.2 cm³/mol. The van der Waals surface area contributed by atoms with Crippen LogP contribution in [0.3, 0.4) is 0 Å². The highest BCUT2D eigenvalue weighted by Crippen LogP contribution is 2.35. The van der Waals surface area contributed by atoms with Crippen molar-refractivity contribution >= 4 is 11.6 Å². The molecule has 0 saturated carbocycles. The van der Waals surface area contributed by atoms with Crippen molar-refractivity contribution < 1.29 is 13.9 Å². The molecule has 0 radical (unpaired) electrons. The van der Waals surface area contributed by atoms with Crippen LogP contribution in [0.5, 0.6) is 0 Å². The van der Waals surface area contributed by atoms with Crippen LogP contribution >= 0.6 is 11.6 Å². The van der Waals surface area contributed by atoms with E-state index < -0.39 is 17.7 Å². The Morgan fingerprint density at radius 2 is 1.63 bits per heavy atom. The average Bonchev–Trinajstić information content (AvgIpc) is 2.42. The maximum atomic E-state index is 13.2. The molecule has 2 aromatic rings. The first kappa shape index (κ1) is 14.0. The van der Waals surface area contributed by atoms with E-state index in [4.69, 9.17) is 11.6 Å². The van der Waals surface area contributed by atoms with Crippen LogP contribution in [-0.2, 0) is 0 Å². The van der Waals surface area contributed by atoms with Gasteiger partial charge >= 0.3 is 0 Å². The maximum Gasteiger partial charge on any atom is 0.160 e. The van der Waals surface area contributed by atoms with Crippen LogP contribution < -0.4 is 0 Å². The summed E-state index contributed by atoms with van der Waals surface area (Å²) in [7, 11) is 0. The van der Waals surface area contributed by atoms with E-state index in [0.29, 0.717) is 0 Å². The molecule has 0 heterocycles. The van der Waals surface area contributed by atoms with Gasteiger partial charge in [0.25, 0.3) is 0 Å². The first-order valence-electron chi connectivity index (χ1n) is 5.88. The van der Waals surface area contributed by atoms with Gasteiger partial charge in [-0.3, -0.25) is 0 Å². The lowest BCUT2D eigenvalue weighted by molar-refractivity contribution is 0.151. The second-order valence-electron chi connectivity index (χ2n) is 4.43. The van der Waals surface area contributed by atoms with Crippen molar-refractivity contribution in [3.8, 4) is 0 Å². The molecule has 1 nitrogen and oxygen atoms in total. The summed E-state index contributed by atoms with van der Waals surface area (Å²) >= 11 is 5.86. The van der Waals surface area contributed by atoms with Gasteiger partial charge in [-0.25, -0.2) is 8.78 Å².